The van der Waals surface area contributed by atoms with Crippen molar-refractivity contribution in [3.05, 3.63) is 32.8 Å². The van der Waals surface area contributed by atoms with E-state index in [2.05, 4.69) is 47.2 Å². The second kappa shape index (κ2) is 18.3. The molecule has 1 N–H and O–H groups in total. The molecule has 0 bridgehead atoms. The standard InChI is InChI=1S/C11H15ClN2O2.C6H9BrO2.C6H9BrO.C5H7ClN2/c1-7-10(12)8(2)14(13-7)9-5-3-4-6-16-11(9)15;7-5-3-1-2-4-9-6(5)8;7-5-3-1-2-4-6(5)8;1-3-5(6)4(2)8-7-3/h9H,3-6H2,1-2H3;5H,1-4H2;5H,1-4H2;1-2H3,(H,7,8). The topological polar surface area (TPSA) is 116 Å². The highest BCUT2D eigenvalue weighted by atomic mass is 79.9. The number of halogens is 4. The maximum absolute atomic E-state index is 11.8. The molecule has 0 aromatic carbocycles. The maximum Gasteiger partial charge on any atom is 0.330 e. The fourth-order valence-electron chi connectivity index (χ4n) is 4.28. The SMILES string of the molecule is Cc1n[nH]c(C)c1Cl.Cc1nn(C2CCCCOC2=O)c(C)c1Cl.O=C1CCCCC1Br.O=C1OCCCCC1Br. The molecule has 0 amide bonds. The molecule has 9 nitrogen and oxygen atoms in total. The number of rotatable bonds is 1. The van der Waals surface area contributed by atoms with E-state index in [1.54, 1.807) is 4.68 Å². The van der Waals surface area contributed by atoms with E-state index in [-0.39, 0.29) is 27.6 Å². The van der Waals surface area contributed by atoms with Gasteiger partial charge in [0.15, 0.2) is 0 Å². The Morgan fingerprint density at radius 1 is 0.780 bits per heavy atom. The number of aromatic amines is 1. The van der Waals surface area contributed by atoms with Crippen LogP contribution in [0.15, 0.2) is 0 Å². The Bertz CT molecular complexity index is 1140. The average Bonchev–Trinajstić information content (AvgIpc) is 3.19. The van der Waals surface area contributed by atoms with Crippen LogP contribution >= 0.6 is 55.1 Å². The molecule has 2 aromatic rings. The van der Waals surface area contributed by atoms with Crippen molar-refractivity contribution >= 4 is 72.8 Å². The number of hydrogen-bond acceptors (Lipinski definition) is 7. The number of nitrogens with zero attached hydrogens (tertiary/aromatic N) is 3. The maximum atomic E-state index is 11.8. The van der Waals surface area contributed by atoms with Gasteiger partial charge in [-0.25, -0.2) is 4.79 Å². The molecular formula is C28H40Br2Cl2N4O5. The second-order valence-electron chi connectivity index (χ2n) is 10.2. The number of Topliss-reactive ketones (excluding diaryl/α,β-unsaturated/α-hetero) is 1. The van der Waals surface area contributed by atoms with Crippen LogP contribution in [-0.4, -0.2) is 60.6 Å². The fraction of sp³-hybridized carbons (Fsp3) is 0.679. The van der Waals surface area contributed by atoms with Gasteiger partial charge in [-0.05, 0) is 79.1 Å². The van der Waals surface area contributed by atoms with Gasteiger partial charge in [0.25, 0.3) is 0 Å². The van der Waals surface area contributed by atoms with Crippen LogP contribution in [-0.2, 0) is 23.9 Å². The van der Waals surface area contributed by atoms with Crippen molar-refractivity contribution in [3.63, 3.8) is 0 Å². The van der Waals surface area contributed by atoms with E-state index in [4.69, 9.17) is 32.7 Å². The van der Waals surface area contributed by atoms with Crippen LogP contribution < -0.4 is 0 Å². The van der Waals surface area contributed by atoms with Crippen LogP contribution in [0.3, 0.4) is 0 Å². The van der Waals surface area contributed by atoms with Crippen LogP contribution in [0.25, 0.3) is 0 Å². The summed E-state index contributed by atoms with van der Waals surface area (Å²) in [6, 6.07) is -0.311. The molecule has 2 aliphatic heterocycles. The number of aryl methyl sites for hydroxylation is 3. The number of nitrogens with one attached hydrogen (secondary N) is 1. The van der Waals surface area contributed by atoms with Crippen molar-refractivity contribution < 1.29 is 23.9 Å². The van der Waals surface area contributed by atoms with Gasteiger partial charge in [0.05, 0.1) is 50.9 Å². The van der Waals surface area contributed by atoms with Gasteiger partial charge in [-0.3, -0.25) is 19.4 Å². The molecule has 13 heteroatoms. The summed E-state index contributed by atoms with van der Waals surface area (Å²) in [7, 11) is 0. The van der Waals surface area contributed by atoms with E-state index in [1.807, 2.05) is 27.7 Å². The van der Waals surface area contributed by atoms with Crippen LogP contribution in [0.1, 0.15) is 93.0 Å². The quantitative estimate of drug-likeness (QED) is 0.238. The molecule has 1 aliphatic carbocycles. The van der Waals surface area contributed by atoms with Crippen LogP contribution in [0, 0.1) is 27.7 Å². The Balaban J connectivity index is 0.000000202. The number of carbonyl (C=O) groups excluding carboxylic acids is 3. The Kier molecular flexibility index (Phi) is 15.9. The zero-order chi connectivity index (χ0) is 30.5. The summed E-state index contributed by atoms with van der Waals surface area (Å²) in [5.74, 6) is 0.0866. The second-order valence-corrected chi connectivity index (χ2v) is 13.1. The first-order valence-electron chi connectivity index (χ1n) is 14.0. The Hall–Kier alpha value is -1.43. The summed E-state index contributed by atoms with van der Waals surface area (Å²) < 4.78 is 11.7. The molecule has 2 saturated heterocycles. The molecule has 3 unspecified atom stereocenters. The number of hydrogen-bond donors (Lipinski definition) is 1. The van der Waals surface area contributed by atoms with Gasteiger partial charge in [0, 0.05) is 6.42 Å². The molecule has 41 heavy (non-hydrogen) atoms. The zero-order valence-corrected chi connectivity index (χ0v) is 28.8. The third-order valence-electron chi connectivity index (χ3n) is 6.79. The smallest absolute Gasteiger partial charge is 0.330 e. The van der Waals surface area contributed by atoms with Gasteiger partial charge in [-0.2, -0.15) is 10.2 Å². The van der Waals surface area contributed by atoms with Gasteiger partial charge in [-0.15, -0.1) is 0 Å². The molecule has 2 aromatic heterocycles. The highest BCUT2D eigenvalue weighted by molar-refractivity contribution is 9.10. The summed E-state index contributed by atoms with van der Waals surface area (Å²) in [5.41, 5.74) is 3.40. The molecule has 0 spiro atoms. The summed E-state index contributed by atoms with van der Waals surface area (Å²) in [4.78, 5) is 33.4. The van der Waals surface area contributed by atoms with Gasteiger partial charge in [-0.1, -0.05) is 61.5 Å². The van der Waals surface area contributed by atoms with Crippen LogP contribution in [0.5, 0.6) is 0 Å². The van der Waals surface area contributed by atoms with Crippen molar-refractivity contribution in [2.24, 2.45) is 0 Å². The molecule has 0 radical (unpaired) electrons. The normalized spacial score (nSPS) is 22.7. The Morgan fingerprint density at radius 2 is 1.37 bits per heavy atom. The summed E-state index contributed by atoms with van der Waals surface area (Å²) >= 11 is 18.3. The van der Waals surface area contributed by atoms with Crippen molar-refractivity contribution in [2.45, 2.75) is 108 Å². The lowest BCUT2D eigenvalue weighted by atomic mass is 10.00. The van der Waals surface area contributed by atoms with Crippen molar-refractivity contribution in [3.8, 4) is 0 Å². The number of carbonyl (C=O) groups is 3. The zero-order valence-electron chi connectivity index (χ0n) is 24.1. The first kappa shape index (κ1) is 35.8. The molecule has 3 fully saturated rings. The predicted molar refractivity (Wildman–Crippen MR) is 167 cm³/mol. The fourth-order valence-corrected chi connectivity index (χ4v) is 5.50. The third kappa shape index (κ3) is 11.6. The molecule has 230 valence electrons. The molecule has 1 saturated carbocycles. The van der Waals surface area contributed by atoms with Gasteiger partial charge < -0.3 is 9.47 Å². The minimum absolute atomic E-state index is 0.0556. The van der Waals surface area contributed by atoms with Crippen molar-refractivity contribution in [1.82, 2.24) is 20.0 Å². The number of aromatic nitrogens is 4. The third-order valence-corrected chi connectivity index (χ3v) is 9.69. The number of cyclic esters (lactones) is 2. The van der Waals surface area contributed by atoms with Crippen molar-refractivity contribution in [1.29, 1.82) is 0 Å². The highest BCUT2D eigenvalue weighted by Crippen LogP contribution is 2.27. The lowest BCUT2D eigenvalue weighted by Gasteiger charge is -2.14. The Labute approximate surface area is 269 Å². The van der Waals surface area contributed by atoms with E-state index >= 15 is 0 Å². The number of ketones is 1. The largest absolute Gasteiger partial charge is 0.465 e. The van der Waals surface area contributed by atoms with E-state index < -0.39 is 0 Å². The number of alkyl halides is 2. The van der Waals surface area contributed by atoms with Gasteiger partial charge in [0.1, 0.15) is 16.7 Å². The van der Waals surface area contributed by atoms with E-state index in [1.165, 1.54) is 6.42 Å². The van der Waals surface area contributed by atoms with Crippen LogP contribution in [0.4, 0.5) is 0 Å². The number of esters is 2. The number of ether oxygens (including phenoxy) is 2. The summed E-state index contributed by atoms with van der Waals surface area (Å²) in [6.07, 6.45) is 9.82. The van der Waals surface area contributed by atoms with E-state index in [0.717, 1.165) is 85.6 Å². The Morgan fingerprint density at radius 3 is 1.83 bits per heavy atom. The lowest BCUT2D eigenvalue weighted by molar-refractivity contribution is -0.147. The predicted octanol–water partition coefficient (Wildman–Crippen LogP) is 7.47. The minimum Gasteiger partial charge on any atom is -0.465 e. The molecule has 4 heterocycles. The minimum atomic E-state index is -0.311. The molecule has 3 atom stereocenters. The molecular weight excluding hydrogens is 703 g/mol. The molecule has 5 rings (SSSR count). The summed E-state index contributed by atoms with van der Waals surface area (Å²) in [6.45, 7) is 8.59. The summed E-state index contributed by atoms with van der Waals surface area (Å²) in [5, 5.41) is 12.3. The first-order valence-corrected chi connectivity index (χ1v) is 16.5. The van der Waals surface area contributed by atoms with E-state index in [9.17, 15) is 14.4 Å². The van der Waals surface area contributed by atoms with Crippen molar-refractivity contribution in [2.75, 3.05) is 13.2 Å². The highest BCUT2D eigenvalue weighted by Gasteiger charge is 2.27. The van der Waals surface area contributed by atoms with Gasteiger partial charge >= 0.3 is 11.9 Å². The first-order chi connectivity index (χ1) is 19.4. The average molecular weight is 743 g/mol. The van der Waals surface area contributed by atoms with Crippen LogP contribution in [0.2, 0.25) is 10.0 Å². The molecule has 3 aliphatic rings. The van der Waals surface area contributed by atoms with Gasteiger partial charge in [0.2, 0.25) is 0 Å². The van der Waals surface area contributed by atoms with E-state index in [0.29, 0.717) is 24.0 Å². The lowest BCUT2D eigenvalue weighted by Crippen LogP contribution is -2.22. The monoisotopic (exact) mass is 740 g/mol. The number of H-pyrrole nitrogens is 1.